The molecule has 0 amide bonds. The molecule has 0 saturated carbocycles. The number of hydrogen-bond donors (Lipinski definition) is 0. The van der Waals surface area contributed by atoms with Crippen molar-refractivity contribution in [3.8, 4) is 0 Å². The average molecular weight is 203 g/mol. The van der Waals surface area contributed by atoms with Crippen LogP contribution in [0.15, 0.2) is 0 Å². The van der Waals surface area contributed by atoms with Crippen LogP contribution in [0.3, 0.4) is 0 Å². The quantitative estimate of drug-likeness (QED) is 0.636. The Morgan fingerprint density at radius 3 is 2.00 bits per heavy atom. The molecular formula is C5H11BF3O2S-. The maximum atomic E-state index is 11.6. The lowest BCUT2D eigenvalue weighted by Gasteiger charge is -2.12. The summed E-state index contributed by atoms with van der Waals surface area (Å²) in [5.41, 5.74) is 0. The molecule has 2 nitrogen and oxygen atoms in total. The third-order valence-electron chi connectivity index (χ3n) is 1.27. The highest BCUT2D eigenvalue weighted by molar-refractivity contribution is 7.91. The van der Waals surface area contributed by atoms with Crippen molar-refractivity contribution in [1.82, 2.24) is 0 Å². The van der Waals surface area contributed by atoms with E-state index in [4.69, 9.17) is 0 Å². The summed E-state index contributed by atoms with van der Waals surface area (Å²) in [6.45, 7) is -3.34. The predicted octanol–water partition coefficient (Wildman–Crippen LogP) is 1.66. The summed E-state index contributed by atoms with van der Waals surface area (Å²) in [5.74, 6) is -0.913. The van der Waals surface area contributed by atoms with Gasteiger partial charge in [-0.2, -0.15) is 0 Å². The van der Waals surface area contributed by atoms with Gasteiger partial charge in [-0.1, -0.05) is 13.2 Å². The molecule has 0 atom stereocenters. The van der Waals surface area contributed by atoms with E-state index < -0.39 is 28.9 Å². The highest BCUT2D eigenvalue weighted by Gasteiger charge is 2.25. The number of rotatable bonds is 5. The molecular weight excluding hydrogens is 192 g/mol. The smallest absolute Gasteiger partial charge is 0.449 e. The fourth-order valence-electron chi connectivity index (χ4n) is 0.726. The first-order valence-corrected chi connectivity index (χ1v) is 5.50. The van der Waals surface area contributed by atoms with E-state index in [0.717, 1.165) is 0 Å². The fourth-order valence-corrected chi connectivity index (χ4v) is 2.18. The molecule has 0 heterocycles. The standard InChI is InChI=1S/C5H11BF3O2S/c1-2-4-12(10,11)5-3-6(7,8)9/h2-5H2,1H3/q-1. The maximum absolute atomic E-state index is 11.6. The van der Waals surface area contributed by atoms with Gasteiger partial charge in [0.2, 0.25) is 0 Å². The Kier molecular flexibility index (Phi) is 4.09. The van der Waals surface area contributed by atoms with Crippen LogP contribution >= 0.6 is 0 Å². The summed E-state index contributed by atoms with van der Waals surface area (Å²) in [5, 5.41) is 0. The minimum Gasteiger partial charge on any atom is -0.449 e. The Morgan fingerprint density at radius 1 is 1.17 bits per heavy atom. The van der Waals surface area contributed by atoms with Crippen molar-refractivity contribution in [1.29, 1.82) is 0 Å². The van der Waals surface area contributed by atoms with E-state index in [0.29, 0.717) is 6.42 Å². The Balaban J connectivity index is 3.94. The molecule has 7 heteroatoms. The van der Waals surface area contributed by atoms with Crippen LogP contribution < -0.4 is 0 Å². The topological polar surface area (TPSA) is 34.1 Å². The van der Waals surface area contributed by atoms with Crippen molar-refractivity contribution in [2.45, 2.75) is 19.7 Å². The molecule has 0 aromatic rings. The molecule has 0 aromatic carbocycles. The van der Waals surface area contributed by atoms with E-state index in [1.54, 1.807) is 6.92 Å². The largest absolute Gasteiger partial charge is 0.479 e. The number of hydrogen-bond acceptors (Lipinski definition) is 2. The van der Waals surface area contributed by atoms with E-state index in [9.17, 15) is 21.4 Å². The first kappa shape index (κ1) is 11.8. The average Bonchev–Trinajstić information content (AvgIpc) is 1.83. The van der Waals surface area contributed by atoms with Crippen LogP contribution in [0, 0.1) is 0 Å². The van der Waals surface area contributed by atoms with Crippen LogP contribution in [0.2, 0.25) is 6.32 Å². The second kappa shape index (κ2) is 4.16. The molecule has 0 bridgehead atoms. The first-order chi connectivity index (χ1) is 5.27. The van der Waals surface area contributed by atoms with Gasteiger partial charge in [0.15, 0.2) is 0 Å². The van der Waals surface area contributed by atoms with Crippen LogP contribution in [0.5, 0.6) is 0 Å². The molecule has 0 aliphatic carbocycles. The summed E-state index contributed by atoms with van der Waals surface area (Å²) < 4.78 is 56.4. The molecule has 0 aliphatic rings. The predicted molar refractivity (Wildman–Crippen MR) is 42.8 cm³/mol. The van der Waals surface area contributed by atoms with E-state index >= 15 is 0 Å². The van der Waals surface area contributed by atoms with E-state index in [-0.39, 0.29) is 5.75 Å². The molecule has 0 N–H and O–H groups in total. The third-order valence-corrected chi connectivity index (χ3v) is 3.16. The van der Waals surface area contributed by atoms with E-state index in [1.807, 2.05) is 0 Å². The first-order valence-electron chi connectivity index (χ1n) is 3.68. The molecule has 0 saturated heterocycles. The highest BCUT2D eigenvalue weighted by atomic mass is 32.2. The third kappa shape index (κ3) is 6.51. The fraction of sp³-hybridized carbons (Fsp3) is 1.00. The van der Waals surface area contributed by atoms with Crippen LogP contribution in [0.1, 0.15) is 13.3 Å². The van der Waals surface area contributed by atoms with E-state index in [1.165, 1.54) is 0 Å². The zero-order valence-electron chi connectivity index (χ0n) is 6.76. The van der Waals surface area contributed by atoms with Gasteiger partial charge in [-0.3, -0.25) is 0 Å². The molecule has 0 unspecified atom stereocenters. The van der Waals surface area contributed by atoms with Gasteiger partial charge < -0.3 is 12.9 Å². The highest BCUT2D eigenvalue weighted by Crippen LogP contribution is 2.15. The summed E-state index contributed by atoms with van der Waals surface area (Å²) in [6.07, 6.45) is -0.810. The van der Waals surface area contributed by atoms with Crippen molar-refractivity contribution in [3.63, 3.8) is 0 Å². The van der Waals surface area contributed by atoms with Crippen molar-refractivity contribution in [3.05, 3.63) is 0 Å². The molecule has 0 radical (unpaired) electrons. The van der Waals surface area contributed by atoms with Gasteiger partial charge in [0.1, 0.15) is 9.84 Å². The molecule has 0 aliphatic heterocycles. The minimum absolute atomic E-state index is 0.154. The molecule has 0 aromatic heterocycles. The monoisotopic (exact) mass is 203 g/mol. The van der Waals surface area contributed by atoms with Crippen LogP contribution in [-0.4, -0.2) is 26.9 Å². The second-order valence-corrected chi connectivity index (χ2v) is 4.95. The van der Waals surface area contributed by atoms with Crippen molar-refractivity contribution in [2.75, 3.05) is 11.5 Å². The molecule has 0 spiro atoms. The lowest BCUT2D eigenvalue weighted by atomic mass is 9.88. The van der Waals surface area contributed by atoms with Gasteiger partial charge in [0, 0.05) is 11.5 Å². The van der Waals surface area contributed by atoms with Crippen molar-refractivity contribution >= 4 is 16.8 Å². The van der Waals surface area contributed by atoms with Crippen LogP contribution in [-0.2, 0) is 9.84 Å². The molecule has 12 heavy (non-hydrogen) atoms. The maximum Gasteiger partial charge on any atom is 0.479 e. The van der Waals surface area contributed by atoms with E-state index in [2.05, 4.69) is 0 Å². The minimum atomic E-state index is -4.96. The summed E-state index contributed by atoms with van der Waals surface area (Å²) in [7, 11) is -3.47. The summed E-state index contributed by atoms with van der Waals surface area (Å²) in [4.78, 5) is 0. The summed E-state index contributed by atoms with van der Waals surface area (Å²) in [6, 6.07) is 0. The van der Waals surface area contributed by atoms with Gasteiger partial charge in [0.05, 0.1) is 0 Å². The Morgan fingerprint density at radius 2 is 1.67 bits per heavy atom. The number of halogens is 3. The Hall–Kier alpha value is -0.195. The zero-order valence-corrected chi connectivity index (χ0v) is 7.58. The zero-order chi connectivity index (χ0) is 9.83. The lowest BCUT2D eigenvalue weighted by Crippen LogP contribution is -2.21. The Labute approximate surface area is 70.1 Å². The normalized spacial score (nSPS) is 13.3. The van der Waals surface area contributed by atoms with Gasteiger partial charge in [-0.25, -0.2) is 8.42 Å². The molecule has 0 rings (SSSR count). The second-order valence-electron chi connectivity index (χ2n) is 2.65. The van der Waals surface area contributed by atoms with Crippen molar-refractivity contribution < 1.29 is 21.4 Å². The van der Waals surface area contributed by atoms with Crippen LogP contribution in [0.4, 0.5) is 12.9 Å². The summed E-state index contributed by atoms with van der Waals surface area (Å²) >= 11 is 0. The van der Waals surface area contributed by atoms with Gasteiger partial charge in [0.25, 0.3) is 0 Å². The lowest BCUT2D eigenvalue weighted by molar-refractivity contribution is 0.471. The number of sulfone groups is 1. The van der Waals surface area contributed by atoms with Crippen molar-refractivity contribution in [2.24, 2.45) is 0 Å². The van der Waals surface area contributed by atoms with Gasteiger partial charge in [-0.05, 0) is 6.42 Å². The molecule has 0 fully saturated rings. The SMILES string of the molecule is CCCS(=O)(=O)CC[B-](F)(F)F. The van der Waals surface area contributed by atoms with Crippen LogP contribution in [0.25, 0.3) is 0 Å². The molecule has 74 valence electrons. The van der Waals surface area contributed by atoms with Gasteiger partial charge in [-0.15, -0.1) is 0 Å². The van der Waals surface area contributed by atoms with Gasteiger partial charge >= 0.3 is 6.98 Å². The Bertz CT molecular complexity index is 221.